The van der Waals surface area contributed by atoms with Gasteiger partial charge in [-0.1, -0.05) is 13.8 Å². The predicted octanol–water partition coefficient (Wildman–Crippen LogP) is 1.70. The third-order valence-electron chi connectivity index (χ3n) is 2.11. The summed E-state index contributed by atoms with van der Waals surface area (Å²) < 4.78 is 0. The van der Waals surface area contributed by atoms with Gasteiger partial charge in [0.2, 0.25) is 0 Å². The highest BCUT2D eigenvalue weighted by Crippen LogP contribution is 2.26. The van der Waals surface area contributed by atoms with Gasteiger partial charge in [0.15, 0.2) is 0 Å². The number of hydrogen-bond acceptors (Lipinski definition) is 2. The third-order valence-corrected chi connectivity index (χ3v) is 2.11. The van der Waals surface area contributed by atoms with Crippen molar-refractivity contribution in [3.63, 3.8) is 0 Å². The van der Waals surface area contributed by atoms with Crippen LogP contribution in [0, 0.1) is 16.7 Å². The molecule has 0 aliphatic heterocycles. The van der Waals surface area contributed by atoms with E-state index in [1.807, 2.05) is 13.8 Å². The molecule has 0 aromatic carbocycles. The van der Waals surface area contributed by atoms with Gasteiger partial charge in [0.05, 0.1) is 17.6 Å². The molecule has 0 rings (SSSR count). The molecule has 0 fully saturated rings. The SMILES string of the molecule is CCC(O)C(C)(C#N)CC. The summed E-state index contributed by atoms with van der Waals surface area (Å²) >= 11 is 0. The zero-order chi connectivity index (χ0) is 8.20. The van der Waals surface area contributed by atoms with E-state index in [1.54, 1.807) is 6.92 Å². The molecule has 0 aromatic rings. The first-order chi connectivity index (χ1) is 4.60. The lowest BCUT2D eigenvalue weighted by atomic mass is 9.82. The molecule has 0 aliphatic rings. The molecule has 2 atom stereocenters. The fraction of sp³-hybridized carbons (Fsp3) is 0.875. The van der Waals surface area contributed by atoms with Crippen LogP contribution in [-0.4, -0.2) is 11.2 Å². The smallest absolute Gasteiger partial charge is 0.0801 e. The average Bonchev–Trinajstić information content (AvgIpc) is 2.01. The van der Waals surface area contributed by atoms with Crippen molar-refractivity contribution in [2.45, 2.75) is 39.7 Å². The van der Waals surface area contributed by atoms with Gasteiger partial charge in [-0.05, 0) is 19.8 Å². The zero-order valence-corrected chi connectivity index (χ0v) is 6.89. The fourth-order valence-corrected chi connectivity index (χ4v) is 0.840. The minimum Gasteiger partial charge on any atom is -0.391 e. The van der Waals surface area contributed by atoms with E-state index >= 15 is 0 Å². The molecule has 0 aromatic heterocycles. The normalized spacial score (nSPS) is 19.1. The van der Waals surface area contributed by atoms with Gasteiger partial charge in [-0.3, -0.25) is 0 Å². The summed E-state index contributed by atoms with van der Waals surface area (Å²) in [5, 5.41) is 18.0. The molecule has 0 amide bonds. The zero-order valence-electron chi connectivity index (χ0n) is 6.89. The number of aliphatic hydroxyl groups is 1. The van der Waals surface area contributed by atoms with Crippen LogP contribution in [0.1, 0.15) is 33.6 Å². The van der Waals surface area contributed by atoms with Crippen LogP contribution in [0.5, 0.6) is 0 Å². The first kappa shape index (κ1) is 9.45. The summed E-state index contributed by atoms with van der Waals surface area (Å²) in [7, 11) is 0. The van der Waals surface area contributed by atoms with Gasteiger partial charge < -0.3 is 5.11 Å². The summed E-state index contributed by atoms with van der Waals surface area (Å²) in [6.07, 6.45) is 0.874. The van der Waals surface area contributed by atoms with Crippen LogP contribution in [-0.2, 0) is 0 Å². The van der Waals surface area contributed by atoms with E-state index in [0.717, 1.165) is 0 Å². The van der Waals surface area contributed by atoms with Gasteiger partial charge in [0.1, 0.15) is 0 Å². The Morgan fingerprint density at radius 2 is 2.10 bits per heavy atom. The Morgan fingerprint density at radius 3 is 2.20 bits per heavy atom. The van der Waals surface area contributed by atoms with Crippen molar-refractivity contribution in [3.05, 3.63) is 0 Å². The Morgan fingerprint density at radius 1 is 1.60 bits per heavy atom. The van der Waals surface area contributed by atoms with Crippen molar-refractivity contribution in [3.8, 4) is 6.07 Å². The van der Waals surface area contributed by atoms with Crippen molar-refractivity contribution in [1.29, 1.82) is 5.26 Å². The molecule has 0 spiro atoms. The van der Waals surface area contributed by atoms with E-state index in [0.29, 0.717) is 12.8 Å². The quantitative estimate of drug-likeness (QED) is 0.650. The Kier molecular flexibility index (Phi) is 3.38. The molecule has 2 unspecified atom stereocenters. The second-order valence-electron chi connectivity index (χ2n) is 2.81. The minimum absolute atomic E-state index is 0.484. The predicted molar refractivity (Wildman–Crippen MR) is 40.3 cm³/mol. The van der Waals surface area contributed by atoms with Gasteiger partial charge in [-0.2, -0.15) is 5.26 Å². The van der Waals surface area contributed by atoms with Crippen LogP contribution in [0.25, 0.3) is 0 Å². The highest BCUT2D eigenvalue weighted by Gasteiger charge is 2.29. The first-order valence-corrected chi connectivity index (χ1v) is 3.70. The van der Waals surface area contributed by atoms with Crippen LogP contribution in [0.3, 0.4) is 0 Å². The van der Waals surface area contributed by atoms with Gasteiger partial charge in [0.25, 0.3) is 0 Å². The molecule has 0 aliphatic carbocycles. The summed E-state index contributed by atoms with van der Waals surface area (Å²) in [5.41, 5.74) is -0.547. The number of aliphatic hydroxyl groups excluding tert-OH is 1. The highest BCUT2D eigenvalue weighted by molar-refractivity contribution is 4.99. The largest absolute Gasteiger partial charge is 0.391 e. The first-order valence-electron chi connectivity index (χ1n) is 3.70. The lowest BCUT2D eigenvalue weighted by molar-refractivity contribution is 0.0692. The Hall–Kier alpha value is -0.550. The summed E-state index contributed by atoms with van der Waals surface area (Å²) in [6, 6.07) is 2.13. The van der Waals surface area contributed by atoms with E-state index in [-0.39, 0.29) is 0 Å². The molecule has 2 heteroatoms. The number of nitrogens with zero attached hydrogens (tertiary/aromatic N) is 1. The molecule has 2 nitrogen and oxygen atoms in total. The molecule has 1 N–H and O–H groups in total. The molecule has 0 saturated carbocycles. The van der Waals surface area contributed by atoms with E-state index in [4.69, 9.17) is 5.26 Å². The Balaban J connectivity index is 4.21. The lowest BCUT2D eigenvalue weighted by Gasteiger charge is -2.24. The van der Waals surface area contributed by atoms with Gasteiger partial charge in [0, 0.05) is 0 Å². The van der Waals surface area contributed by atoms with Crippen LogP contribution >= 0.6 is 0 Å². The number of rotatable bonds is 3. The van der Waals surface area contributed by atoms with Crippen molar-refractivity contribution in [2.24, 2.45) is 5.41 Å². The van der Waals surface area contributed by atoms with Gasteiger partial charge >= 0.3 is 0 Å². The van der Waals surface area contributed by atoms with Crippen molar-refractivity contribution in [1.82, 2.24) is 0 Å². The molecule has 58 valence electrons. The average molecular weight is 141 g/mol. The standard InChI is InChI=1S/C8H15NO/c1-4-7(10)8(3,5-2)6-9/h7,10H,4-5H2,1-3H3. The van der Waals surface area contributed by atoms with E-state index in [1.165, 1.54) is 0 Å². The van der Waals surface area contributed by atoms with Crippen LogP contribution < -0.4 is 0 Å². The van der Waals surface area contributed by atoms with Gasteiger partial charge in [-0.25, -0.2) is 0 Å². The van der Waals surface area contributed by atoms with Crippen LogP contribution in [0.15, 0.2) is 0 Å². The fourth-order valence-electron chi connectivity index (χ4n) is 0.840. The number of nitriles is 1. The topological polar surface area (TPSA) is 44.0 Å². The summed E-state index contributed by atoms with van der Waals surface area (Å²) in [4.78, 5) is 0. The van der Waals surface area contributed by atoms with Crippen molar-refractivity contribution < 1.29 is 5.11 Å². The Bertz CT molecular complexity index is 139. The Labute approximate surface area is 62.5 Å². The second-order valence-corrected chi connectivity index (χ2v) is 2.81. The number of hydrogen-bond donors (Lipinski definition) is 1. The molecular weight excluding hydrogens is 126 g/mol. The monoisotopic (exact) mass is 141 g/mol. The summed E-state index contributed by atoms with van der Waals surface area (Å²) in [5.74, 6) is 0. The van der Waals surface area contributed by atoms with Crippen molar-refractivity contribution in [2.75, 3.05) is 0 Å². The maximum Gasteiger partial charge on any atom is 0.0801 e. The molecular formula is C8H15NO. The molecule has 0 radical (unpaired) electrons. The lowest BCUT2D eigenvalue weighted by Crippen LogP contribution is -2.29. The molecule has 0 heterocycles. The minimum atomic E-state index is -0.547. The van der Waals surface area contributed by atoms with Gasteiger partial charge in [-0.15, -0.1) is 0 Å². The molecule has 0 bridgehead atoms. The maximum atomic E-state index is 9.35. The van der Waals surface area contributed by atoms with Crippen molar-refractivity contribution >= 4 is 0 Å². The highest BCUT2D eigenvalue weighted by atomic mass is 16.3. The van der Waals surface area contributed by atoms with E-state index in [2.05, 4.69) is 6.07 Å². The third kappa shape index (κ3) is 1.71. The van der Waals surface area contributed by atoms with Crippen LogP contribution in [0.4, 0.5) is 0 Å². The van der Waals surface area contributed by atoms with E-state index in [9.17, 15) is 5.11 Å². The summed E-state index contributed by atoms with van der Waals surface area (Å²) in [6.45, 7) is 5.60. The second kappa shape index (κ2) is 3.58. The van der Waals surface area contributed by atoms with Crippen LogP contribution in [0.2, 0.25) is 0 Å². The molecule has 0 saturated heterocycles. The van der Waals surface area contributed by atoms with E-state index < -0.39 is 11.5 Å². The molecule has 10 heavy (non-hydrogen) atoms. The maximum absolute atomic E-state index is 9.35.